The van der Waals surface area contributed by atoms with Crippen molar-refractivity contribution in [2.45, 2.75) is 23.8 Å². The van der Waals surface area contributed by atoms with E-state index in [1.807, 2.05) is 0 Å². The molecular weight excluding hydrogens is 380 g/mol. The molecule has 7 nitrogen and oxygen atoms in total. The number of ether oxygens (including phenoxy) is 2. The normalized spacial score (nSPS) is 16.5. The van der Waals surface area contributed by atoms with E-state index in [0.29, 0.717) is 24.6 Å². The molecule has 28 heavy (non-hydrogen) atoms. The van der Waals surface area contributed by atoms with Crippen LogP contribution in [0.3, 0.4) is 0 Å². The van der Waals surface area contributed by atoms with Crippen LogP contribution in [0.15, 0.2) is 59.5 Å². The minimum Gasteiger partial charge on any atom is -0.497 e. The molecule has 150 valence electrons. The molecule has 0 unspecified atom stereocenters. The van der Waals surface area contributed by atoms with Crippen molar-refractivity contribution >= 4 is 21.6 Å². The van der Waals surface area contributed by atoms with Gasteiger partial charge >= 0.3 is 0 Å². The third-order valence-electron chi connectivity index (χ3n) is 4.51. The second-order valence-corrected chi connectivity index (χ2v) is 8.33. The van der Waals surface area contributed by atoms with E-state index in [2.05, 4.69) is 5.32 Å². The van der Waals surface area contributed by atoms with Crippen LogP contribution in [0.25, 0.3) is 0 Å². The Morgan fingerprint density at radius 2 is 2.00 bits per heavy atom. The fourth-order valence-electron chi connectivity index (χ4n) is 3.02. The maximum absolute atomic E-state index is 13.2. The largest absolute Gasteiger partial charge is 0.497 e. The average molecular weight is 404 g/mol. The van der Waals surface area contributed by atoms with Crippen molar-refractivity contribution in [3.05, 3.63) is 54.6 Å². The van der Waals surface area contributed by atoms with Gasteiger partial charge in [-0.15, -0.1) is 0 Å². The van der Waals surface area contributed by atoms with E-state index in [9.17, 15) is 13.2 Å². The number of sulfonamides is 1. The Morgan fingerprint density at radius 1 is 1.21 bits per heavy atom. The highest BCUT2D eigenvalue weighted by atomic mass is 32.2. The Labute approximate surface area is 165 Å². The number of benzene rings is 2. The Bertz CT molecular complexity index is 896. The van der Waals surface area contributed by atoms with Gasteiger partial charge in [0.05, 0.1) is 23.8 Å². The molecule has 1 aliphatic heterocycles. The van der Waals surface area contributed by atoms with Gasteiger partial charge in [0, 0.05) is 19.2 Å². The molecule has 1 aliphatic rings. The molecule has 1 amide bonds. The number of carbonyl (C=O) groups is 1. The van der Waals surface area contributed by atoms with E-state index in [-0.39, 0.29) is 17.5 Å². The zero-order valence-corrected chi connectivity index (χ0v) is 16.5. The highest BCUT2D eigenvalue weighted by Crippen LogP contribution is 2.26. The van der Waals surface area contributed by atoms with Gasteiger partial charge in [-0.1, -0.05) is 24.3 Å². The Kier molecular flexibility index (Phi) is 6.53. The number of carbonyl (C=O) groups excluding carboxylic acids is 1. The van der Waals surface area contributed by atoms with Crippen LogP contribution in [0.2, 0.25) is 0 Å². The Hall–Kier alpha value is -2.58. The molecular formula is C20H24N2O5S. The summed E-state index contributed by atoms with van der Waals surface area (Å²) in [5, 5.41) is 2.78. The van der Waals surface area contributed by atoms with Gasteiger partial charge in [0.15, 0.2) is 0 Å². The summed E-state index contributed by atoms with van der Waals surface area (Å²) in [6, 6.07) is 14.7. The number of anilines is 1. The summed E-state index contributed by atoms with van der Waals surface area (Å²) in [5.41, 5.74) is 0.357. The van der Waals surface area contributed by atoms with Crippen molar-refractivity contribution in [2.75, 3.05) is 31.1 Å². The van der Waals surface area contributed by atoms with Crippen LogP contribution in [-0.2, 0) is 19.6 Å². The summed E-state index contributed by atoms with van der Waals surface area (Å²) in [6.45, 7) is 0.728. The van der Waals surface area contributed by atoms with Crippen LogP contribution in [-0.4, -0.2) is 47.2 Å². The summed E-state index contributed by atoms with van der Waals surface area (Å²) >= 11 is 0. The Balaban J connectivity index is 1.84. The number of nitrogens with one attached hydrogen (secondary N) is 1. The first-order chi connectivity index (χ1) is 13.5. The minimum atomic E-state index is -3.93. The SMILES string of the molecule is COc1cccc(N(CC(=O)NC[C@@H]2CCCO2)S(=O)(=O)c2ccccc2)c1. The van der Waals surface area contributed by atoms with E-state index in [1.165, 1.54) is 19.2 Å². The second kappa shape index (κ2) is 9.07. The molecule has 1 N–H and O–H groups in total. The lowest BCUT2D eigenvalue weighted by Gasteiger charge is -2.24. The lowest BCUT2D eigenvalue weighted by molar-refractivity contribution is -0.120. The molecule has 2 aromatic rings. The van der Waals surface area contributed by atoms with Gasteiger partial charge in [-0.2, -0.15) is 0 Å². The van der Waals surface area contributed by atoms with E-state index in [4.69, 9.17) is 9.47 Å². The van der Waals surface area contributed by atoms with Gasteiger partial charge in [0.1, 0.15) is 12.3 Å². The van der Waals surface area contributed by atoms with Crippen molar-refractivity contribution in [1.82, 2.24) is 5.32 Å². The number of rotatable bonds is 8. The molecule has 1 fully saturated rings. The number of amides is 1. The van der Waals surface area contributed by atoms with Crippen LogP contribution in [0.4, 0.5) is 5.69 Å². The van der Waals surface area contributed by atoms with Gasteiger partial charge in [-0.05, 0) is 37.1 Å². The third-order valence-corrected chi connectivity index (χ3v) is 6.30. The van der Waals surface area contributed by atoms with Crippen molar-refractivity contribution < 1.29 is 22.7 Å². The van der Waals surface area contributed by atoms with Crippen molar-refractivity contribution in [3.8, 4) is 5.75 Å². The second-order valence-electron chi connectivity index (χ2n) is 6.47. The smallest absolute Gasteiger partial charge is 0.264 e. The molecule has 0 spiro atoms. The van der Waals surface area contributed by atoms with Crippen LogP contribution < -0.4 is 14.4 Å². The molecule has 1 saturated heterocycles. The summed E-state index contributed by atoms with van der Waals surface area (Å²) < 4.78 is 38.2. The molecule has 0 aliphatic carbocycles. The van der Waals surface area contributed by atoms with E-state index in [1.54, 1.807) is 42.5 Å². The van der Waals surface area contributed by atoms with Crippen LogP contribution in [0.5, 0.6) is 5.75 Å². The maximum Gasteiger partial charge on any atom is 0.264 e. The molecule has 3 rings (SSSR count). The van der Waals surface area contributed by atoms with E-state index in [0.717, 1.165) is 17.1 Å². The monoisotopic (exact) mass is 404 g/mol. The lowest BCUT2D eigenvalue weighted by Crippen LogP contribution is -2.42. The van der Waals surface area contributed by atoms with Crippen molar-refractivity contribution in [1.29, 1.82) is 0 Å². The Morgan fingerprint density at radius 3 is 2.68 bits per heavy atom. The van der Waals surface area contributed by atoms with Crippen LogP contribution in [0, 0.1) is 0 Å². The predicted molar refractivity (Wildman–Crippen MR) is 106 cm³/mol. The van der Waals surface area contributed by atoms with Gasteiger partial charge in [0.2, 0.25) is 5.91 Å². The summed E-state index contributed by atoms with van der Waals surface area (Å²) in [6.07, 6.45) is 1.85. The van der Waals surface area contributed by atoms with Gasteiger partial charge in [-0.25, -0.2) is 8.42 Å². The molecule has 2 aromatic carbocycles. The highest BCUT2D eigenvalue weighted by Gasteiger charge is 2.27. The molecule has 1 heterocycles. The molecule has 1 atom stereocenters. The zero-order valence-electron chi connectivity index (χ0n) is 15.7. The highest BCUT2D eigenvalue weighted by molar-refractivity contribution is 7.92. The zero-order chi connectivity index (χ0) is 20.0. The minimum absolute atomic E-state index is 0.0139. The van der Waals surface area contributed by atoms with Gasteiger partial charge < -0.3 is 14.8 Å². The average Bonchev–Trinajstić information content (AvgIpc) is 3.25. The summed E-state index contributed by atoms with van der Waals surface area (Å²) in [5.74, 6) is 0.114. The molecule has 0 saturated carbocycles. The molecule has 0 bridgehead atoms. The first-order valence-corrected chi connectivity index (χ1v) is 10.5. The first kappa shape index (κ1) is 20.2. The van der Waals surface area contributed by atoms with Crippen molar-refractivity contribution in [2.24, 2.45) is 0 Å². The molecule has 0 aromatic heterocycles. The summed E-state index contributed by atoms with van der Waals surface area (Å²) in [4.78, 5) is 12.6. The fraction of sp³-hybridized carbons (Fsp3) is 0.350. The van der Waals surface area contributed by atoms with Crippen LogP contribution >= 0.6 is 0 Å². The number of methoxy groups -OCH3 is 1. The summed E-state index contributed by atoms with van der Waals surface area (Å²) in [7, 11) is -2.42. The van der Waals surface area contributed by atoms with Crippen LogP contribution in [0.1, 0.15) is 12.8 Å². The molecule has 0 radical (unpaired) electrons. The fourth-order valence-corrected chi connectivity index (χ4v) is 4.45. The maximum atomic E-state index is 13.2. The van der Waals surface area contributed by atoms with E-state index < -0.39 is 15.9 Å². The predicted octanol–water partition coefficient (Wildman–Crippen LogP) is 2.19. The topological polar surface area (TPSA) is 84.9 Å². The van der Waals surface area contributed by atoms with Crippen molar-refractivity contribution in [3.63, 3.8) is 0 Å². The lowest BCUT2D eigenvalue weighted by atomic mass is 10.2. The quantitative estimate of drug-likeness (QED) is 0.729. The third kappa shape index (κ3) is 4.82. The van der Waals surface area contributed by atoms with Gasteiger partial charge in [0.25, 0.3) is 10.0 Å². The van der Waals surface area contributed by atoms with E-state index >= 15 is 0 Å². The number of hydrogen-bond donors (Lipinski definition) is 1. The standard InChI is InChI=1S/C20H24N2O5S/c1-26-17-8-5-7-16(13-17)22(28(24,25)19-10-3-2-4-11-19)15-20(23)21-14-18-9-6-12-27-18/h2-5,7-8,10-11,13,18H,6,9,12,14-15H2,1H3,(H,21,23)/t18-/m0/s1. The first-order valence-electron chi connectivity index (χ1n) is 9.11. The number of hydrogen-bond acceptors (Lipinski definition) is 5. The molecule has 8 heteroatoms. The number of nitrogens with zero attached hydrogens (tertiary/aromatic N) is 1. The van der Waals surface area contributed by atoms with Gasteiger partial charge in [-0.3, -0.25) is 9.10 Å².